The maximum Gasteiger partial charge on any atom is 0.0477 e. The van der Waals surface area contributed by atoms with E-state index in [0.29, 0.717) is 0 Å². The summed E-state index contributed by atoms with van der Waals surface area (Å²) in [5, 5.41) is 3.45. The molecule has 3 N–H and O–H groups in total. The largest absolute Gasteiger partial charge is 0.399 e. The highest BCUT2D eigenvalue weighted by molar-refractivity contribution is 14.1. The van der Waals surface area contributed by atoms with Gasteiger partial charge in [0.25, 0.3) is 0 Å². The summed E-state index contributed by atoms with van der Waals surface area (Å²) < 4.78 is 1.21. The fourth-order valence-corrected chi connectivity index (χ4v) is 2.22. The summed E-state index contributed by atoms with van der Waals surface area (Å²) in [5.41, 5.74) is 7.73. The minimum absolute atomic E-state index is 0.835. The maximum atomic E-state index is 5.68. The number of hydrogen-bond acceptors (Lipinski definition) is 2. The van der Waals surface area contributed by atoms with Gasteiger partial charge in [0.2, 0.25) is 0 Å². The van der Waals surface area contributed by atoms with Crippen LogP contribution >= 0.6 is 22.6 Å². The summed E-state index contributed by atoms with van der Waals surface area (Å²) in [5.74, 6) is 0.994. The topological polar surface area (TPSA) is 38.0 Å². The van der Waals surface area contributed by atoms with Crippen LogP contribution in [0.1, 0.15) is 19.3 Å². The Morgan fingerprint density at radius 3 is 2.86 bits per heavy atom. The zero-order valence-electron chi connectivity index (χ0n) is 8.09. The zero-order chi connectivity index (χ0) is 9.97. The van der Waals surface area contributed by atoms with Crippen molar-refractivity contribution < 1.29 is 0 Å². The van der Waals surface area contributed by atoms with Gasteiger partial charge in [0, 0.05) is 21.5 Å². The average Bonchev–Trinajstić information content (AvgIpc) is 2.92. The predicted molar refractivity (Wildman–Crippen MR) is 69.4 cm³/mol. The lowest BCUT2D eigenvalue weighted by Crippen LogP contribution is -2.03. The Kier molecular flexibility index (Phi) is 3.15. The van der Waals surface area contributed by atoms with Crippen molar-refractivity contribution in [1.82, 2.24) is 0 Å². The van der Waals surface area contributed by atoms with E-state index in [1.165, 1.54) is 28.5 Å². The molecule has 3 heteroatoms. The van der Waals surface area contributed by atoms with Gasteiger partial charge in [-0.25, -0.2) is 0 Å². The van der Waals surface area contributed by atoms with E-state index in [2.05, 4.69) is 34.0 Å². The molecule has 0 unspecified atom stereocenters. The molecule has 0 aromatic heterocycles. The van der Waals surface area contributed by atoms with Gasteiger partial charge in [-0.3, -0.25) is 0 Å². The summed E-state index contributed by atoms with van der Waals surface area (Å²) in [6.07, 6.45) is 4.17. The number of nitrogen functional groups attached to an aromatic ring is 1. The molecule has 1 aliphatic rings. The van der Waals surface area contributed by atoms with Crippen LogP contribution in [0.25, 0.3) is 0 Å². The second kappa shape index (κ2) is 4.38. The Morgan fingerprint density at radius 2 is 2.21 bits per heavy atom. The van der Waals surface area contributed by atoms with Gasteiger partial charge >= 0.3 is 0 Å². The van der Waals surface area contributed by atoms with E-state index in [4.69, 9.17) is 5.73 Å². The lowest BCUT2D eigenvalue weighted by atomic mass is 10.2. The van der Waals surface area contributed by atoms with Crippen LogP contribution in [0.15, 0.2) is 18.2 Å². The van der Waals surface area contributed by atoms with E-state index in [-0.39, 0.29) is 0 Å². The molecule has 0 atom stereocenters. The molecule has 0 bridgehead atoms. The van der Waals surface area contributed by atoms with Crippen LogP contribution in [0.2, 0.25) is 0 Å². The van der Waals surface area contributed by atoms with Crippen LogP contribution in [-0.2, 0) is 0 Å². The maximum absolute atomic E-state index is 5.68. The summed E-state index contributed by atoms with van der Waals surface area (Å²) in [6.45, 7) is 1.09. The molecule has 0 heterocycles. The monoisotopic (exact) mass is 302 g/mol. The number of benzene rings is 1. The Balaban J connectivity index is 1.87. The standard InChI is InChI=1S/C11H15IN2/c12-10-7-9(13)3-4-11(10)14-6-5-8-1-2-8/h3-4,7-8,14H,1-2,5-6,13H2. The predicted octanol–water partition coefficient (Wildman–Crippen LogP) is 3.09. The number of hydrogen-bond donors (Lipinski definition) is 2. The van der Waals surface area contributed by atoms with Gasteiger partial charge < -0.3 is 11.1 Å². The first kappa shape index (κ1) is 10.1. The van der Waals surface area contributed by atoms with Gasteiger partial charge in [-0.2, -0.15) is 0 Å². The Hall–Kier alpha value is -0.450. The van der Waals surface area contributed by atoms with Crippen molar-refractivity contribution in [3.63, 3.8) is 0 Å². The van der Waals surface area contributed by atoms with E-state index >= 15 is 0 Å². The molecular weight excluding hydrogens is 287 g/mol. The summed E-state index contributed by atoms with van der Waals surface area (Å²) in [4.78, 5) is 0. The van der Waals surface area contributed by atoms with Crippen molar-refractivity contribution in [3.05, 3.63) is 21.8 Å². The van der Waals surface area contributed by atoms with Gasteiger partial charge in [0.15, 0.2) is 0 Å². The van der Waals surface area contributed by atoms with Crippen LogP contribution in [0.4, 0.5) is 11.4 Å². The van der Waals surface area contributed by atoms with Gasteiger partial charge in [0.1, 0.15) is 0 Å². The molecule has 14 heavy (non-hydrogen) atoms. The van der Waals surface area contributed by atoms with Crippen LogP contribution in [0.5, 0.6) is 0 Å². The minimum atomic E-state index is 0.835. The van der Waals surface area contributed by atoms with Crippen LogP contribution in [-0.4, -0.2) is 6.54 Å². The number of nitrogens with two attached hydrogens (primary N) is 1. The van der Waals surface area contributed by atoms with Gasteiger partial charge in [-0.05, 0) is 53.1 Å². The molecule has 0 amide bonds. The first-order chi connectivity index (χ1) is 6.75. The van der Waals surface area contributed by atoms with Gasteiger partial charge in [0.05, 0.1) is 0 Å². The normalized spacial score (nSPS) is 15.5. The fraction of sp³-hybridized carbons (Fsp3) is 0.455. The third-order valence-electron chi connectivity index (χ3n) is 2.56. The molecule has 2 rings (SSSR count). The Bertz CT molecular complexity index is 321. The van der Waals surface area contributed by atoms with Crippen molar-refractivity contribution in [2.45, 2.75) is 19.3 Å². The second-order valence-electron chi connectivity index (χ2n) is 3.90. The van der Waals surface area contributed by atoms with E-state index < -0.39 is 0 Å². The second-order valence-corrected chi connectivity index (χ2v) is 5.06. The van der Waals surface area contributed by atoms with Crippen molar-refractivity contribution in [2.24, 2.45) is 5.92 Å². The van der Waals surface area contributed by atoms with Crippen LogP contribution in [0.3, 0.4) is 0 Å². The minimum Gasteiger partial charge on any atom is -0.399 e. The van der Waals surface area contributed by atoms with Gasteiger partial charge in [-0.15, -0.1) is 0 Å². The average molecular weight is 302 g/mol. The third-order valence-corrected chi connectivity index (χ3v) is 3.45. The van der Waals surface area contributed by atoms with Crippen LogP contribution < -0.4 is 11.1 Å². The molecule has 1 aromatic rings. The molecule has 1 aromatic carbocycles. The summed E-state index contributed by atoms with van der Waals surface area (Å²) >= 11 is 2.32. The number of halogens is 1. The van der Waals surface area contributed by atoms with E-state index in [1.807, 2.05) is 12.1 Å². The zero-order valence-corrected chi connectivity index (χ0v) is 10.3. The number of nitrogens with one attached hydrogen (secondary N) is 1. The lowest BCUT2D eigenvalue weighted by molar-refractivity contribution is 0.760. The SMILES string of the molecule is Nc1ccc(NCCC2CC2)c(I)c1. The molecule has 0 spiro atoms. The summed E-state index contributed by atoms with van der Waals surface area (Å²) in [6, 6.07) is 6.01. The molecular formula is C11H15IN2. The van der Waals surface area contributed by atoms with Crippen molar-refractivity contribution in [1.29, 1.82) is 0 Å². The first-order valence-corrected chi connectivity index (χ1v) is 6.12. The number of rotatable bonds is 4. The highest BCUT2D eigenvalue weighted by Crippen LogP contribution is 2.32. The lowest BCUT2D eigenvalue weighted by Gasteiger charge is -2.08. The van der Waals surface area contributed by atoms with E-state index in [0.717, 1.165) is 18.2 Å². The molecule has 0 aliphatic heterocycles. The van der Waals surface area contributed by atoms with Crippen molar-refractivity contribution >= 4 is 34.0 Å². The molecule has 76 valence electrons. The quantitative estimate of drug-likeness (QED) is 0.662. The highest BCUT2D eigenvalue weighted by atomic mass is 127. The smallest absolute Gasteiger partial charge is 0.0477 e. The highest BCUT2D eigenvalue weighted by Gasteiger charge is 2.20. The Labute approximate surface area is 98.4 Å². The molecule has 1 aliphatic carbocycles. The van der Waals surface area contributed by atoms with Crippen LogP contribution in [0, 0.1) is 9.49 Å². The van der Waals surface area contributed by atoms with Gasteiger partial charge in [-0.1, -0.05) is 12.8 Å². The fourth-order valence-electron chi connectivity index (χ4n) is 1.49. The van der Waals surface area contributed by atoms with Crippen molar-refractivity contribution in [2.75, 3.05) is 17.6 Å². The van der Waals surface area contributed by atoms with E-state index in [9.17, 15) is 0 Å². The molecule has 0 radical (unpaired) electrons. The molecule has 2 nitrogen and oxygen atoms in total. The van der Waals surface area contributed by atoms with Crippen molar-refractivity contribution in [3.8, 4) is 0 Å². The third kappa shape index (κ3) is 2.77. The number of anilines is 2. The molecule has 1 saturated carbocycles. The summed E-state index contributed by atoms with van der Waals surface area (Å²) in [7, 11) is 0. The Morgan fingerprint density at radius 1 is 1.43 bits per heavy atom. The molecule has 0 saturated heterocycles. The van der Waals surface area contributed by atoms with E-state index in [1.54, 1.807) is 0 Å². The first-order valence-electron chi connectivity index (χ1n) is 5.04. The molecule has 1 fully saturated rings.